The van der Waals surface area contributed by atoms with Gasteiger partial charge in [-0.15, -0.1) is 0 Å². The van der Waals surface area contributed by atoms with Gasteiger partial charge in [0.1, 0.15) is 11.6 Å². The van der Waals surface area contributed by atoms with Crippen LogP contribution in [0.4, 0.5) is 0 Å². The number of Topliss-reactive ketones (excluding diaryl/α,β-unsaturated/α-hetero) is 1. The van der Waals surface area contributed by atoms with E-state index in [1.165, 1.54) is 5.56 Å². The number of aromatic hydroxyl groups is 1. The zero-order valence-corrected chi connectivity index (χ0v) is 22.7. The van der Waals surface area contributed by atoms with E-state index in [2.05, 4.69) is 85.7 Å². The molecule has 1 heterocycles. The summed E-state index contributed by atoms with van der Waals surface area (Å²) in [7, 11) is 0. The van der Waals surface area contributed by atoms with Crippen molar-refractivity contribution in [1.29, 1.82) is 5.41 Å². The molecule has 2 aromatic carbocycles. The number of nitrogens with one attached hydrogen (secondary N) is 1. The van der Waals surface area contributed by atoms with Crippen LogP contribution in [0.5, 0.6) is 5.75 Å². The van der Waals surface area contributed by atoms with Gasteiger partial charge in [0.25, 0.3) is 0 Å². The number of aryl methyl sites for hydroxylation is 1. The lowest BCUT2D eigenvalue weighted by Crippen LogP contribution is -2.31. The van der Waals surface area contributed by atoms with Crippen LogP contribution in [-0.2, 0) is 10.8 Å². The first-order valence-electron chi connectivity index (χ1n) is 12.8. The number of rotatable bonds is 6. The minimum absolute atomic E-state index is 0.0161. The second kappa shape index (κ2) is 10.0. The molecule has 0 radical (unpaired) electrons. The molecule has 0 spiro atoms. The van der Waals surface area contributed by atoms with E-state index in [0.29, 0.717) is 17.9 Å². The Hall–Kier alpha value is -2.88. The average molecular weight is 475 g/mol. The van der Waals surface area contributed by atoms with Crippen LogP contribution in [0.1, 0.15) is 93.9 Å². The monoisotopic (exact) mass is 474 g/mol. The number of ketones is 1. The Bertz CT molecular complexity index is 1090. The predicted octanol–water partition coefficient (Wildman–Crippen LogP) is 7.27. The molecule has 2 aromatic rings. The van der Waals surface area contributed by atoms with E-state index in [1.807, 2.05) is 17.0 Å². The summed E-state index contributed by atoms with van der Waals surface area (Å²) >= 11 is 0. The molecule has 3 rings (SSSR count). The molecule has 35 heavy (non-hydrogen) atoms. The van der Waals surface area contributed by atoms with Gasteiger partial charge in [-0.25, -0.2) is 0 Å². The summed E-state index contributed by atoms with van der Waals surface area (Å²) < 4.78 is 0. The summed E-state index contributed by atoms with van der Waals surface area (Å²) in [6.45, 7) is 17.4. The Labute approximate surface area is 211 Å². The molecule has 0 amide bonds. The van der Waals surface area contributed by atoms with Crippen molar-refractivity contribution in [3.05, 3.63) is 69.8 Å². The minimum Gasteiger partial charge on any atom is -0.507 e. The first kappa shape index (κ1) is 26.7. The van der Waals surface area contributed by atoms with E-state index >= 15 is 0 Å². The molecule has 1 atom stereocenters. The van der Waals surface area contributed by atoms with Crippen molar-refractivity contribution in [2.45, 2.75) is 79.1 Å². The minimum atomic E-state index is -0.295. The lowest BCUT2D eigenvalue weighted by molar-refractivity contribution is 0.0963. The average Bonchev–Trinajstić information content (AvgIpc) is 3.03. The van der Waals surface area contributed by atoms with Gasteiger partial charge in [-0.1, -0.05) is 84.7 Å². The highest BCUT2D eigenvalue weighted by Crippen LogP contribution is 2.40. The van der Waals surface area contributed by atoms with Gasteiger partial charge in [-0.2, -0.15) is 0 Å². The highest BCUT2D eigenvalue weighted by atomic mass is 16.3. The maximum Gasteiger partial charge on any atom is 0.182 e. The first-order valence-corrected chi connectivity index (χ1v) is 12.8. The largest absolute Gasteiger partial charge is 0.507 e. The topological polar surface area (TPSA) is 64.4 Å². The van der Waals surface area contributed by atoms with Crippen molar-refractivity contribution in [2.24, 2.45) is 5.92 Å². The highest BCUT2D eigenvalue weighted by molar-refractivity contribution is 6.06. The first-order chi connectivity index (χ1) is 16.2. The summed E-state index contributed by atoms with van der Waals surface area (Å²) in [6, 6.07) is 12.0. The highest BCUT2D eigenvalue weighted by Gasteiger charge is 2.34. The van der Waals surface area contributed by atoms with Gasteiger partial charge in [0, 0.05) is 29.2 Å². The Kier molecular flexibility index (Phi) is 7.64. The van der Waals surface area contributed by atoms with Crippen LogP contribution >= 0.6 is 0 Å². The lowest BCUT2D eigenvalue weighted by Gasteiger charge is -2.28. The fourth-order valence-electron chi connectivity index (χ4n) is 4.80. The van der Waals surface area contributed by atoms with Crippen LogP contribution in [0.3, 0.4) is 0 Å². The molecule has 4 nitrogen and oxygen atoms in total. The molecule has 0 bridgehead atoms. The molecule has 2 N–H and O–H groups in total. The number of benzene rings is 2. The third-order valence-corrected chi connectivity index (χ3v) is 6.89. The number of phenols is 1. The third kappa shape index (κ3) is 6.04. The smallest absolute Gasteiger partial charge is 0.182 e. The van der Waals surface area contributed by atoms with Gasteiger partial charge < -0.3 is 10.0 Å². The molecule has 0 saturated carbocycles. The van der Waals surface area contributed by atoms with Crippen LogP contribution in [0.2, 0.25) is 0 Å². The normalized spacial score (nSPS) is 17.9. The van der Waals surface area contributed by atoms with E-state index in [0.717, 1.165) is 35.1 Å². The second-order valence-corrected chi connectivity index (χ2v) is 12.1. The van der Waals surface area contributed by atoms with Crippen molar-refractivity contribution in [3.63, 3.8) is 0 Å². The summed E-state index contributed by atoms with van der Waals surface area (Å²) in [5, 5.41) is 19.9. The molecule has 188 valence electrons. The third-order valence-electron chi connectivity index (χ3n) is 6.89. The molecule has 0 aliphatic carbocycles. The number of hydrogen-bond acceptors (Lipinski definition) is 3. The molecule has 0 aromatic heterocycles. The molecule has 1 unspecified atom stereocenters. The van der Waals surface area contributed by atoms with Crippen molar-refractivity contribution in [3.8, 4) is 5.75 Å². The quantitative estimate of drug-likeness (QED) is 0.433. The summed E-state index contributed by atoms with van der Waals surface area (Å²) in [5.41, 5.74) is 4.90. The number of phenolic OH excluding ortho intramolecular Hbond substituents is 1. The van der Waals surface area contributed by atoms with Crippen molar-refractivity contribution < 1.29 is 9.90 Å². The van der Waals surface area contributed by atoms with E-state index in [-0.39, 0.29) is 34.8 Å². The zero-order chi connectivity index (χ0) is 26.1. The Balaban J connectivity index is 1.93. The molecule has 1 aliphatic rings. The number of hydrogen-bond donors (Lipinski definition) is 2. The van der Waals surface area contributed by atoms with Crippen molar-refractivity contribution in [2.75, 3.05) is 13.1 Å². The maximum atomic E-state index is 13.5. The number of amidine groups is 1. The SMILES string of the molecule is CCCC1CN(CC(=O)c2cc(C(C)(C)C)c(O)c(C(C)(C)C)c2)C(=N)/C1=C\c1ccc(C)cc1. The van der Waals surface area contributed by atoms with Gasteiger partial charge in [-0.3, -0.25) is 10.2 Å². The van der Waals surface area contributed by atoms with E-state index in [4.69, 9.17) is 5.41 Å². The van der Waals surface area contributed by atoms with Crippen molar-refractivity contribution >= 4 is 17.7 Å². The van der Waals surface area contributed by atoms with Crippen molar-refractivity contribution in [1.82, 2.24) is 4.90 Å². The maximum absolute atomic E-state index is 13.5. The molecular formula is C31H42N2O2. The van der Waals surface area contributed by atoms with Crippen LogP contribution < -0.4 is 0 Å². The van der Waals surface area contributed by atoms with Gasteiger partial charge in [-0.05, 0) is 53.5 Å². The molecule has 1 saturated heterocycles. The van der Waals surface area contributed by atoms with Gasteiger partial charge >= 0.3 is 0 Å². The van der Waals surface area contributed by atoms with Gasteiger partial charge in [0.05, 0.1) is 6.54 Å². The number of likely N-dealkylation sites (tertiary alicyclic amines) is 1. The van der Waals surface area contributed by atoms with Crippen LogP contribution in [0, 0.1) is 18.3 Å². The second-order valence-electron chi connectivity index (χ2n) is 12.1. The van der Waals surface area contributed by atoms with E-state index in [9.17, 15) is 9.90 Å². The van der Waals surface area contributed by atoms with E-state index < -0.39 is 0 Å². The Morgan fingerprint density at radius 1 is 1.06 bits per heavy atom. The summed E-state index contributed by atoms with van der Waals surface area (Å²) in [6.07, 6.45) is 4.14. The molecule has 1 fully saturated rings. The van der Waals surface area contributed by atoms with Crippen LogP contribution in [0.25, 0.3) is 6.08 Å². The number of nitrogens with zero attached hydrogens (tertiary/aromatic N) is 1. The summed E-state index contributed by atoms with van der Waals surface area (Å²) in [4.78, 5) is 15.5. The number of carbonyl (C=O) groups is 1. The predicted molar refractivity (Wildman–Crippen MR) is 147 cm³/mol. The lowest BCUT2D eigenvalue weighted by atomic mass is 9.78. The fourth-order valence-corrected chi connectivity index (χ4v) is 4.80. The van der Waals surface area contributed by atoms with Gasteiger partial charge in [0.15, 0.2) is 5.78 Å². The Morgan fingerprint density at radius 2 is 1.60 bits per heavy atom. The Morgan fingerprint density at radius 3 is 2.09 bits per heavy atom. The van der Waals surface area contributed by atoms with Crippen LogP contribution in [-0.4, -0.2) is 34.7 Å². The summed E-state index contributed by atoms with van der Waals surface area (Å²) in [5.74, 6) is 0.958. The standard InChI is InChI=1S/C31H42N2O2/c1-9-10-22-18-33(29(32)24(22)15-21-13-11-20(2)12-14-21)19-27(34)23-16-25(30(3,4)5)28(35)26(17-23)31(6,7)8/h11-17,22,32,35H,9-10,18-19H2,1-8H3/b24-15-,32-29?. The van der Waals surface area contributed by atoms with Gasteiger partial charge in [0.2, 0.25) is 0 Å². The van der Waals surface area contributed by atoms with E-state index in [1.54, 1.807) is 0 Å². The van der Waals surface area contributed by atoms with Crippen LogP contribution in [0.15, 0.2) is 42.0 Å². The molecular weight excluding hydrogens is 432 g/mol. The molecule has 4 heteroatoms. The molecule has 1 aliphatic heterocycles. The fraction of sp³-hybridized carbons (Fsp3) is 0.484. The zero-order valence-electron chi connectivity index (χ0n) is 22.7. The number of carbonyl (C=O) groups excluding carboxylic acids is 1.